The first-order chi connectivity index (χ1) is 8.70. The van der Waals surface area contributed by atoms with E-state index in [2.05, 4.69) is 5.32 Å². The number of urea groups is 1. The Kier molecular flexibility index (Phi) is 3.94. The molecule has 1 aromatic carbocycles. The first kappa shape index (κ1) is 12.6. The van der Waals surface area contributed by atoms with Gasteiger partial charge in [0.1, 0.15) is 0 Å². The van der Waals surface area contributed by atoms with Gasteiger partial charge in [-0.25, -0.2) is 4.79 Å². The third-order valence-corrected chi connectivity index (χ3v) is 2.95. The zero-order valence-electron chi connectivity index (χ0n) is 10.3. The summed E-state index contributed by atoms with van der Waals surface area (Å²) in [5.41, 5.74) is 0.928. The monoisotopic (exact) mass is 248 g/mol. The van der Waals surface area contributed by atoms with Crippen LogP contribution in [-0.4, -0.2) is 36.6 Å². The molecule has 1 fully saturated rings. The molecule has 1 N–H and O–H groups in total. The molecule has 1 aromatic rings. The van der Waals surface area contributed by atoms with Gasteiger partial charge < -0.3 is 10.1 Å². The molecule has 1 unspecified atom stereocenters. The number of carbonyl (C=O) groups is 2. The van der Waals surface area contributed by atoms with Gasteiger partial charge in [0.15, 0.2) is 0 Å². The molecular weight excluding hydrogens is 232 g/mol. The molecule has 2 rings (SSSR count). The van der Waals surface area contributed by atoms with Crippen molar-refractivity contribution in [1.29, 1.82) is 0 Å². The fraction of sp³-hybridized carbons (Fsp3) is 0.385. The van der Waals surface area contributed by atoms with E-state index in [4.69, 9.17) is 4.74 Å². The summed E-state index contributed by atoms with van der Waals surface area (Å²) >= 11 is 0. The number of nitrogens with one attached hydrogen (secondary N) is 1. The van der Waals surface area contributed by atoms with Crippen LogP contribution in [0.1, 0.15) is 12.0 Å². The van der Waals surface area contributed by atoms with Crippen molar-refractivity contribution in [3.05, 3.63) is 35.9 Å². The lowest BCUT2D eigenvalue weighted by molar-refractivity contribution is -0.130. The van der Waals surface area contributed by atoms with Crippen molar-refractivity contribution >= 4 is 11.9 Å². The van der Waals surface area contributed by atoms with Crippen LogP contribution >= 0.6 is 0 Å². The summed E-state index contributed by atoms with van der Waals surface area (Å²) in [6.45, 7) is 0.661. The van der Waals surface area contributed by atoms with Crippen molar-refractivity contribution in [2.24, 2.45) is 0 Å². The fourth-order valence-electron chi connectivity index (χ4n) is 1.88. The highest BCUT2D eigenvalue weighted by molar-refractivity contribution is 5.95. The van der Waals surface area contributed by atoms with E-state index in [0.717, 1.165) is 5.56 Å². The maximum atomic E-state index is 12.0. The van der Waals surface area contributed by atoms with Gasteiger partial charge in [-0.05, 0) is 5.56 Å². The molecule has 1 atom stereocenters. The summed E-state index contributed by atoms with van der Waals surface area (Å²) in [6.07, 6.45) is -0.0237. The number of benzene rings is 1. The van der Waals surface area contributed by atoms with Gasteiger partial charge >= 0.3 is 6.03 Å². The highest BCUT2D eigenvalue weighted by Crippen LogP contribution is 2.11. The standard InChI is InChI=1S/C13H16N2O3/c1-18-11-7-12(16)15(13(17)14-8-11)9-10-5-3-2-4-6-10/h2-6,11H,7-9H2,1H3,(H,14,17). The van der Waals surface area contributed by atoms with Crippen molar-refractivity contribution in [1.82, 2.24) is 10.2 Å². The molecule has 5 heteroatoms. The number of rotatable bonds is 3. The van der Waals surface area contributed by atoms with E-state index < -0.39 is 0 Å². The van der Waals surface area contributed by atoms with Crippen LogP contribution in [-0.2, 0) is 16.1 Å². The fourth-order valence-corrected chi connectivity index (χ4v) is 1.88. The second kappa shape index (κ2) is 5.64. The number of imide groups is 1. The lowest BCUT2D eigenvalue weighted by Crippen LogP contribution is -2.40. The molecular formula is C13H16N2O3. The van der Waals surface area contributed by atoms with Crippen LogP contribution in [0.4, 0.5) is 4.79 Å². The largest absolute Gasteiger partial charge is 0.379 e. The molecule has 1 aliphatic heterocycles. The molecule has 0 bridgehead atoms. The van der Waals surface area contributed by atoms with Gasteiger partial charge in [0.2, 0.25) is 5.91 Å². The summed E-state index contributed by atoms with van der Waals surface area (Å²) in [5.74, 6) is -0.208. The predicted molar refractivity (Wildman–Crippen MR) is 65.8 cm³/mol. The number of nitrogens with zero attached hydrogens (tertiary/aromatic N) is 1. The quantitative estimate of drug-likeness (QED) is 0.872. The highest BCUT2D eigenvalue weighted by atomic mass is 16.5. The van der Waals surface area contributed by atoms with E-state index in [1.807, 2.05) is 30.3 Å². The topological polar surface area (TPSA) is 58.6 Å². The molecule has 5 nitrogen and oxygen atoms in total. The average Bonchev–Trinajstić information content (AvgIpc) is 2.53. The molecule has 3 amide bonds. The van der Waals surface area contributed by atoms with Crippen LogP contribution < -0.4 is 5.32 Å². The first-order valence-electron chi connectivity index (χ1n) is 5.85. The third-order valence-electron chi connectivity index (χ3n) is 2.95. The van der Waals surface area contributed by atoms with Crippen LogP contribution in [0.15, 0.2) is 30.3 Å². The van der Waals surface area contributed by atoms with E-state index in [1.165, 1.54) is 12.0 Å². The second-order valence-corrected chi connectivity index (χ2v) is 4.21. The molecule has 0 aliphatic carbocycles. The normalized spacial score (nSPS) is 20.5. The lowest BCUT2D eigenvalue weighted by Gasteiger charge is -2.18. The summed E-state index contributed by atoms with van der Waals surface area (Å²) in [4.78, 5) is 25.0. The molecule has 96 valence electrons. The maximum absolute atomic E-state index is 12.0. The van der Waals surface area contributed by atoms with Crippen molar-refractivity contribution in [2.45, 2.75) is 19.1 Å². The Hall–Kier alpha value is -1.88. The Balaban J connectivity index is 2.10. The number of methoxy groups -OCH3 is 1. The maximum Gasteiger partial charge on any atom is 0.324 e. The van der Waals surface area contributed by atoms with Crippen molar-refractivity contribution in [2.75, 3.05) is 13.7 Å². The number of hydrogen-bond acceptors (Lipinski definition) is 3. The zero-order valence-corrected chi connectivity index (χ0v) is 10.3. The van der Waals surface area contributed by atoms with E-state index in [1.54, 1.807) is 0 Å². The number of carbonyl (C=O) groups excluding carboxylic acids is 2. The van der Waals surface area contributed by atoms with Crippen LogP contribution in [0.25, 0.3) is 0 Å². The van der Waals surface area contributed by atoms with Gasteiger partial charge in [-0.15, -0.1) is 0 Å². The average molecular weight is 248 g/mol. The summed E-state index contributed by atoms with van der Waals surface area (Å²) in [6, 6.07) is 9.08. The first-order valence-corrected chi connectivity index (χ1v) is 5.85. The minimum absolute atomic E-state index is 0.208. The molecule has 0 spiro atoms. The van der Waals surface area contributed by atoms with Crippen LogP contribution in [0.2, 0.25) is 0 Å². The molecule has 1 aliphatic rings. The molecule has 1 saturated heterocycles. The molecule has 0 radical (unpaired) electrons. The Labute approximate surface area is 106 Å². The van der Waals surface area contributed by atoms with Crippen molar-refractivity contribution < 1.29 is 14.3 Å². The van der Waals surface area contributed by atoms with E-state index >= 15 is 0 Å². The minimum Gasteiger partial charge on any atom is -0.379 e. The number of hydrogen-bond donors (Lipinski definition) is 1. The Morgan fingerprint density at radius 2 is 2.06 bits per heavy atom. The smallest absolute Gasteiger partial charge is 0.324 e. The zero-order chi connectivity index (χ0) is 13.0. The molecule has 18 heavy (non-hydrogen) atoms. The molecule has 1 heterocycles. The predicted octanol–water partition coefficient (Wildman–Crippen LogP) is 1.14. The van der Waals surface area contributed by atoms with Gasteiger partial charge in [0.05, 0.1) is 19.1 Å². The summed E-state index contributed by atoms with van der Waals surface area (Å²) < 4.78 is 5.13. The van der Waals surface area contributed by atoms with Crippen molar-refractivity contribution in [3.8, 4) is 0 Å². The lowest BCUT2D eigenvalue weighted by atomic mass is 10.2. The van der Waals surface area contributed by atoms with Gasteiger partial charge in [-0.3, -0.25) is 9.69 Å². The highest BCUT2D eigenvalue weighted by Gasteiger charge is 2.28. The van der Waals surface area contributed by atoms with Crippen LogP contribution in [0.5, 0.6) is 0 Å². The van der Waals surface area contributed by atoms with Crippen LogP contribution in [0, 0.1) is 0 Å². The summed E-state index contributed by atoms with van der Waals surface area (Å²) in [7, 11) is 1.54. The molecule has 0 saturated carbocycles. The van der Waals surface area contributed by atoms with Gasteiger partial charge in [-0.2, -0.15) is 0 Å². The van der Waals surface area contributed by atoms with Gasteiger partial charge in [-0.1, -0.05) is 30.3 Å². The molecule has 0 aromatic heterocycles. The Morgan fingerprint density at radius 1 is 1.33 bits per heavy atom. The van der Waals surface area contributed by atoms with Crippen LogP contribution in [0.3, 0.4) is 0 Å². The summed E-state index contributed by atoms with van der Waals surface area (Å²) in [5, 5.41) is 2.69. The second-order valence-electron chi connectivity index (χ2n) is 4.21. The van der Waals surface area contributed by atoms with E-state index in [9.17, 15) is 9.59 Å². The number of amides is 3. The van der Waals surface area contributed by atoms with E-state index in [0.29, 0.717) is 13.1 Å². The Morgan fingerprint density at radius 3 is 2.72 bits per heavy atom. The Bertz CT molecular complexity index is 433. The van der Waals surface area contributed by atoms with Gasteiger partial charge in [0.25, 0.3) is 0 Å². The number of ether oxygens (including phenoxy) is 1. The van der Waals surface area contributed by atoms with Crippen molar-refractivity contribution in [3.63, 3.8) is 0 Å². The SMILES string of the molecule is COC1CNC(=O)N(Cc2ccccc2)C(=O)C1. The van der Waals surface area contributed by atoms with Gasteiger partial charge in [0, 0.05) is 13.7 Å². The van der Waals surface area contributed by atoms with E-state index in [-0.39, 0.29) is 24.5 Å². The third kappa shape index (κ3) is 2.87. The minimum atomic E-state index is -0.358.